The maximum atomic E-state index is 13.4. The fraction of sp³-hybridized carbons (Fsp3) is 0.200. The van der Waals surface area contributed by atoms with E-state index in [1.54, 1.807) is 0 Å². The lowest BCUT2D eigenvalue weighted by Crippen LogP contribution is -2.22. The largest absolute Gasteiger partial charge is 0.465 e. The van der Waals surface area contributed by atoms with Crippen molar-refractivity contribution in [2.75, 3.05) is 19.0 Å². The van der Waals surface area contributed by atoms with Gasteiger partial charge in [0.15, 0.2) is 11.6 Å². The van der Waals surface area contributed by atoms with Crippen LogP contribution < -0.4 is 11.1 Å². The molecule has 0 heterocycles. The number of rotatable bonds is 4. The van der Waals surface area contributed by atoms with Crippen LogP contribution in [-0.4, -0.2) is 25.5 Å². The lowest BCUT2D eigenvalue weighted by Gasteiger charge is -2.08. The highest BCUT2D eigenvalue weighted by Crippen LogP contribution is 2.20. The van der Waals surface area contributed by atoms with Crippen LogP contribution in [0.5, 0.6) is 0 Å². The molecule has 17 heavy (non-hydrogen) atoms. The summed E-state index contributed by atoms with van der Waals surface area (Å²) in [5.74, 6) is -4.31. The number of nitrogens with one attached hydrogen (secondary N) is 1. The zero-order valence-corrected chi connectivity index (χ0v) is 8.92. The smallest absolute Gasteiger partial charge is 0.340 e. The van der Waals surface area contributed by atoms with Crippen LogP contribution in [0, 0.1) is 11.6 Å². The van der Waals surface area contributed by atoms with E-state index in [9.17, 15) is 18.4 Å². The minimum atomic E-state index is -1.34. The quantitative estimate of drug-likeness (QED) is 0.762. The van der Waals surface area contributed by atoms with Gasteiger partial charge in [-0.05, 0) is 12.1 Å². The van der Waals surface area contributed by atoms with E-state index in [2.05, 4.69) is 10.1 Å². The van der Waals surface area contributed by atoms with Gasteiger partial charge in [-0.1, -0.05) is 0 Å². The van der Waals surface area contributed by atoms with Gasteiger partial charge in [-0.2, -0.15) is 0 Å². The normalized spacial score (nSPS) is 9.82. The Morgan fingerprint density at radius 1 is 1.35 bits per heavy atom. The number of hydrogen-bond donors (Lipinski definition) is 2. The zero-order valence-electron chi connectivity index (χ0n) is 8.92. The Bertz CT molecular complexity index is 463. The van der Waals surface area contributed by atoms with Crippen LogP contribution in [0.1, 0.15) is 10.4 Å². The summed E-state index contributed by atoms with van der Waals surface area (Å²) in [5.41, 5.74) is 4.06. The average molecular weight is 244 g/mol. The van der Waals surface area contributed by atoms with Gasteiger partial charge in [0.1, 0.15) is 0 Å². The molecule has 0 aliphatic rings. The van der Waals surface area contributed by atoms with Crippen molar-refractivity contribution >= 4 is 17.6 Å². The fourth-order valence-electron chi connectivity index (χ4n) is 1.14. The molecule has 0 unspecified atom stereocenters. The van der Waals surface area contributed by atoms with Gasteiger partial charge in [0.25, 0.3) is 0 Å². The second-order valence-corrected chi connectivity index (χ2v) is 3.10. The molecule has 1 aromatic carbocycles. The molecule has 0 aliphatic carbocycles. The van der Waals surface area contributed by atoms with Gasteiger partial charge in [-0.3, -0.25) is 4.79 Å². The van der Waals surface area contributed by atoms with Crippen molar-refractivity contribution in [2.24, 2.45) is 5.73 Å². The van der Waals surface area contributed by atoms with Gasteiger partial charge in [-0.25, -0.2) is 13.6 Å². The molecular formula is C10H10F2N2O3. The standard InChI is InChI=1S/C10H10F2N2O3/c1-17-10(16)5-2-3-6(9(12)8(5)11)14-4-7(13)15/h2-3,14H,4H2,1H3,(H2,13,15). The molecule has 0 radical (unpaired) electrons. The van der Waals surface area contributed by atoms with E-state index in [1.165, 1.54) is 0 Å². The van der Waals surface area contributed by atoms with E-state index in [4.69, 9.17) is 5.73 Å². The predicted octanol–water partition coefficient (Wildman–Crippen LogP) is 0.649. The molecule has 0 aliphatic heterocycles. The molecule has 1 aromatic rings. The van der Waals surface area contributed by atoms with Gasteiger partial charge in [0, 0.05) is 0 Å². The average Bonchev–Trinajstić information content (AvgIpc) is 2.30. The summed E-state index contributed by atoms with van der Waals surface area (Å²) in [5, 5.41) is 2.30. The van der Waals surface area contributed by atoms with Crippen LogP contribution in [0.4, 0.5) is 14.5 Å². The molecule has 0 aromatic heterocycles. The Kier molecular flexibility index (Phi) is 3.97. The third kappa shape index (κ3) is 2.90. The van der Waals surface area contributed by atoms with E-state index in [0.29, 0.717) is 0 Å². The third-order valence-corrected chi connectivity index (χ3v) is 1.94. The maximum Gasteiger partial charge on any atom is 0.340 e. The zero-order chi connectivity index (χ0) is 13.0. The molecular weight excluding hydrogens is 234 g/mol. The Balaban J connectivity index is 3.02. The van der Waals surface area contributed by atoms with Crippen molar-refractivity contribution in [1.29, 1.82) is 0 Å². The molecule has 7 heteroatoms. The lowest BCUT2D eigenvalue weighted by molar-refractivity contribution is -0.116. The SMILES string of the molecule is COC(=O)c1ccc(NCC(N)=O)c(F)c1F. The summed E-state index contributed by atoms with van der Waals surface area (Å²) < 4.78 is 31.1. The van der Waals surface area contributed by atoms with Crippen molar-refractivity contribution in [1.82, 2.24) is 0 Å². The van der Waals surface area contributed by atoms with Gasteiger partial charge in [0.05, 0.1) is 24.9 Å². The van der Waals surface area contributed by atoms with Crippen molar-refractivity contribution in [3.63, 3.8) is 0 Å². The number of carbonyl (C=O) groups is 2. The van der Waals surface area contributed by atoms with E-state index in [0.717, 1.165) is 19.2 Å². The minimum absolute atomic E-state index is 0.256. The lowest BCUT2D eigenvalue weighted by atomic mass is 10.2. The highest BCUT2D eigenvalue weighted by Gasteiger charge is 2.18. The number of hydrogen-bond acceptors (Lipinski definition) is 4. The first-order chi connectivity index (χ1) is 7.97. The fourth-order valence-corrected chi connectivity index (χ4v) is 1.14. The van der Waals surface area contributed by atoms with Crippen LogP contribution in [0.25, 0.3) is 0 Å². The van der Waals surface area contributed by atoms with Gasteiger partial charge in [-0.15, -0.1) is 0 Å². The predicted molar refractivity (Wildman–Crippen MR) is 55.4 cm³/mol. The van der Waals surface area contributed by atoms with Crippen molar-refractivity contribution in [3.8, 4) is 0 Å². The van der Waals surface area contributed by atoms with Gasteiger partial charge in [0.2, 0.25) is 5.91 Å². The molecule has 1 rings (SSSR count). The first-order valence-electron chi connectivity index (χ1n) is 4.56. The minimum Gasteiger partial charge on any atom is -0.465 e. The van der Waals surface area contributed by atoms with E-state index in [-0.39, 0.29) is 12.2 Å². The van der Waals surface area contributed by atoms with Crippen LogP contribution >= 0.6 is 0 Å². The molecule has 0 saturated carbocycles. The maximum absolute atomic E-state index is 13.4. The highest BCUT2D eigenvalue weighted by molar-refractivity contribution is 5.90. The number of methoxy groups -OCH3 is 1. The number of amides is 1. The summed E-state index contributed by atoms with van der Waals surface area (Å²) >= 11 is 0. The monoisotopic (exact) mass is 244 g/mol. The van der Waals surface area contributed by atoms with Crippen LogP contribution in [0.2, 0.25) is 0 Å². The van der Waals surface area contributed by atoms with Crippen LogP contribution in [0.3, 0.4) is 0 Å². The molecule has 0 fully saturated rings. The van der Waals surface area contributed by atoms with Crippen molar-refractivity contribution in [2.45, 2.75) is 0 Å². The summed E-state index contributed by atoms with van der Waals surface area (Å²) in [6.07, 6.45) is 0. The Labute approximate surface area is 95.5 Å². The van der Waals surface area contributed by atoms with Crippen molar-refractivity contribution < 1.29 is 23.1 Å². The number of halogens is 2. The summed E-state index contributed by atoms with van der Waals surface area (Å²) in [7, 11) is 1.05. The van der Waals surface area contributed by atoms with Gasteiger partial charge >= 0.3 is 5.97 Å². The number of ether oxygens (including phenoxy) is 1. The first kappa shape index (κ1) is 12.9. The van der Waals surface area contributed by atoms with Gasteiger partial charge < -0.3 is 15.8 Å². The van der Waals surface area contributed by atoms with E-state index >= 15 is 0 Å². The number of nitrogens with two attached hydrogens (primary N) is 1. The summed E-state index contributed by atoms with van der Waals surface area (Å²) in [6.45, 7) is -0.339. The number of anilines is 1. The molecule has 5 nitrogen and oxygen atoms in total. The molecule has 0 atom stereocenters. The molecule has 0 saturated heterocycles. The summed E-state index contributed by atoms with van der Waals surface area (Å²) in [6, 6.07) is 2.17. The van der Waals surface area contributed by atoms with E-state index < -0.39 is 29.1 Å². The second kappa shape index (κ2) is 5.24. The molecule has 0 spiro atoms. The third-order valence-electron chi connectivity index (χ3n) is 1.94. The number of esters is 1. The molecule has 0 bridgehead atoms. The molecule has 92 valence electrons. The topological polar surface area (TPSA) is 81.4 Å². The number of primary amides is 1. The molecule has 1 amide bonds. The van der Waals surface area contributed by atoms with E-state index in [1.807, 2.05) is 0 Å². The Morgan fingerprint density at radius 3 is 2.53 bits per heavy atom. The second-order valence-electron chi connectivity index (χ2n) is 3.10. The van der Waals surface area contributed by atoms with Crippen molar-refractivity contribution in [3.05, 3.63) is 29.3 Å². The number of carbonyl (C=O) groups excluding carboxylic acids is 2. The summed E-state index contributed by atoms with van der Waals surface area (Å²) in [4.78, 5) is 21.5. The highest BCUT2D eigenvalue weighted by atomic mass is 19.2. The number of benzene rings is 1. The first-order valence-corrected chi connectivity index (χ1v) is 4.56. The Hall–Kier alpha value is -2.18. The Morgan fingerprint density at radius 2 is 2.00 bits per heavy atom. The van der Waals surface area contributed by atoms with Crippen LogP contribution in [-0.2, 0) is 9.53 Å². The van der Waals surface area contributed by atoms with Crippen LogP contribution in [0.15, 0.2) is 12.1 Å². The molecule has 3 N–H and O–H groups in total.